The second-order valence-electron chi connectivity index (χ2n) is 6.76. The fraction of sp³-hybridized carbons (Fsp3) is 0.391. The van der Waals surface area contributed by atoms with E-state index in [1.54, 1.807) is 19.2 Å². The van der Waals surface area contributed by atoms with Crippen LogP contribution in [0.25, 0.3) is 11.3 Å². The van der Waals surface area contributed by atoms with Crippen molar-refractivity contribution < 1.29 is 14.6 Å². The molecular weight excluding hydrogens is 338 g/mol. The van der Waals surface area contributed by atoms with E-state index in [1.807, 2.05) is 30.4 Å². The second kappa shape index (κ2) is 11.3. The van der Waals surface area contributed by atoms with Gasteiger partial charge in [-0.15, -0.1) is 0 Å². The highest BCUT2D eigenvalue weighted by Crippen LogP contribution is 2.21. The Morgan fingerprint density at radius 2 is 1.96 bits per heavy atom. The number of carbonyl (C=O) groups excluding carboxylic acids is 1. The monoisotopic (exact) mass is 367 g/mol. The predicted octanol–water partition coefficient (Wildman–Crippen LogP) is 5.10. The number of nitrogens with zero attached hydrogens (tertiary/aromatic N) is 1. The summed E-state index contributed by atoms with van der Waals surface area (Å²) in [5, 5.41) is 9.37. The second-order valence-corrected chi connectivity index (χ2v) is 6.76. The van der Waals surface area contributed by atoms with E-state index in [0.29, 0.717) is 5.75 Å². The average molecular weight is 367 g/mol. The summed E-state index contributed by atoms with van der Waals surface area (Å²) in [4.78, 5) is 16.2. The number of aryl methyl sites for hydroxylation is 1. The molecule has 0 bridgehead atoms. The molecule has 0 aliphatic carbocycles. The molecule has 4 nitrogen and oxygen atoms in total. The molecule has 1 aromatic heterocycles. The van der Waals surface area contributed by atoms with E-state index in [1.165, 1.54) is 5.56 Å². The zero-order chi connectivity index (χ0) is 19.5. The summed E-state index contributed by atoms with van der Waals surface area (Å²) in [6.45, 7) is 3.94. The van der Waals surface area contributed by atoms with E-state index in [9.17, 15) is 9.90 Å². The van der Waals surface area contributed by atoms with Crippen LogP contribution < -0.4 is 4.74 Å². The van der Waals surface area contributed by atoms with Gasteiger partial charge < -0.3 is 9.84 Å². The van der Waals surface area contributed by atoms with Crippen molar-refractivity contribution in [2.75, 3.05) is 0 Å². The van der Waals surface area contributed by atoms with Gasteiger partial charge in [-0.05, 0) is 43.9 Å². The molecule has 1 atom stereocenters. The van der Waals surface area contributed by atoms with Crippen LogP contribution in [0.1, 0.15) is 51.5 Å². The van der Waals surface area contributed by atoms with Crippen molar-refractivity contribution in [1.82, 2.24) is 4.98 Å². The zero-order valence-electron chi connectivity index (χ0n) is 16.2. The van der Waals surface area contributed by atoms with Crippen molar-refractivity contribution in [2.24, 2.45) is 0 Å². The van der Waals surface area contributed by atoms with Gasteiger partial charge in [-0.3, -0.25) is 9.78 Å². The number of carbonyl (C=O) groups is 1. The quantitative estimate of drug-likeness (QED) is 0.360. The molecule has 1 aromatic carbocycles. The average Bonchev–Trinajstić information content (AvgIpc) is 2.67. The fourth-order valence-electron chi connectivity index (χ4n) is 2.62. The van der Waals surface area contributed by atoms with Gasteiger partial charge in [0.1, 0.15) is 5.75 Å². The molecular formula is C23H29NO3. The molecule has 0 saturated heterocycles. The molecule has 0 spiro atoms. The predicted molar refractivity (Wildman–Crippen MR) is 109 cm³/mol. The first-order valence-corrected chi connectivity index (χ1v) is 9.67. The lowest BCUT2D eigenvalue weighted by atomic mass is 10.0. The van der Waals surface area contributed by atoms with Crippen molar-refractivity contribution in [1.29, 1.82) is 0 Å². The van der Waals surface area contributed by atoms with Crippen molar-refractivity contribution in [2.45, 2.75) is 58.5 Å². The highest BCUT2D eigenvalue weighted by molar-refractivity contribution is 5.74. The number of allylic oxidation sites excluding steroid dienone is 1. The molecule has 27 heavy (non-hydrogen) atoms. The fourth-order valence-corrected chi connectivity index (χ4v) is 2.62. The van der Waals surface area contributed by atoms with Crippen LogP contribution in [-0.2, 0) is 11.2 Å². The minimum absolute atomic E-state index is 0.277. The maximum atomic E-state index is 11.8. The van der Waals surface area contributed by atoms with Gasteiger partial charge in [-0.1, -0.05) is 56.2 Å². The molecule has 0 aliphatic heterocycles. The summed E-state index contributed by atoms with van der Waals surface area (Å²) in [6, 6.07) is 11.8. The Hall–Kier alpha value is -2.46. The summed E-state index contributed by atoms with van der Waals surface area (Å²) >= 11 is 0. The van der Waals surface area contributed by atoms with E-state index >= 15 is 0 Å². The number of pyridine rings is 1. The van der Waals surface area contributed by atoms with E-state index in [2.05, 4.69) is 24.0 Å². The molecule has 1 N–H and O–H groups in total. The number of hydrogen-bond donors (Lipinski definition) is 1. The Labute approximate surface area is 161 Å². The van der Waals surface area contributed by atoms with Crippen LogP contribution >= 0.6 is 0 Å². The van der Waals surface area contributed by atoms with Crippen molar-refractivity contribution in [3.05, 3.63) is 60.3 Å². The topological polar surface area (TPSA) is 59.4 Å². The van der Waals surface area contributed by atoms with Crippen LogP contribution in [-0.4, -0.2) is 22.2 Å². The van der Waals surface area contributed by atoms with Crippen LogP contribution in [0.4, 0.5) is 0 Å². The van der Waals surface area contributed by atoms with E-state index in [0.717, 1.165) is 43.4 Å². The molecule has 0 fully saturated rings. The van der Waals surface area contributed by atoms with Crippen LogP contribution in [0, 0.1) is 0 Å². The number of rotatable bonds is 10. The number of aliphatic hydroxyl groups is 1. The minimum Gasteiger partial charge on any atom is -0.425 e. The van der Waals surface area contributed by atoms with Gasteiger partial charge in [0.2, 0.25) is 0 Å². The zero-order valence-corrected chi connectivity index (χ0v) is 16.2. The number of aromatic nitrogens is 1. The van der Waals surface area contributed by atoms with Crippen LogP contribution in [0.2, 0.25) is 0 Å². The first-order valence-electron chi connectivity index (χ1n) is 9.67. The molecule has 1 unspecified atom stereocenters. The SMILES string of the molecule is CCCC/C=C\CC(=O)Oc1ccc(-c2ccc(CCC(C)O)cc2)nc1. The molecule has 2 rings (SSSR count). The van der Waals surface area contributed by atoms with Gasteiger partial charge in [0.05, 0.1) is 24.4 Å². The lowest BCUT2D eigenvalue weighted by molar-refractivity contribution is -0.133. The van der Waals surface area contributed by atoms with Crippen LogP contribution in [0.3, 0.4) is 0 Å². The van der Waals surface area contributed by atoms with Gasteiger partial charge in [0, 0.05) is 5.56 Å². The molecule has 2 aromatic rings. The normalized spacial score (nSPS) is 12.3. The highest BCUT2D eigenvalue weighted by Gasteiger charge is 2.05. The Kier molecular flexibility index (Phi) is 8.72. The molecule has 0 radical (unpaired) electrons. The Bertz CT molecular complexity index is 718. The molecule has 144 valence electrons. The van der Waals surface area contributed by atoms with Gasteiger partial charge in [-0.2, -0.15) is 0 Å². The van der Waals surface area contributed by atoms with E-state index in [-0.39, 0.29) is 18.5 Å². The third-order valence-corrected chi connectivity index (χ3v) is 4.24. The lowest BCUT2D eigenvalue weighted by Crippen LogP contribution is -2.06. The Balaban J connectivity index is 1.87. The number of benzene rings is 1. The smallest absolute Gasteiger partial charge is 0.315 e. The third kappa shape index (κ3) is 7.75. The lowest BCUT2D eigenvalue weighted by Gasteiger charge is -2.07. The van der Waals surface area contributed by atoms with Gasteiger partial charge >= 0.3 is 5.97 Å². The summed E-state index contributed by atoms with van der Waals surface area (Å²) in [5.74, 6) is 0.180. The summed E-state index contributed by atoms with van der Waals surface area (Å²) in [5.41, 5.74) is 3.03. The molecule has 4 heteroatoms. The maximum Gasteiger partial charge on any atom is 0.315 e. The third-order valence-electron chi connectivity index (χ3n) is 4.24. The first kappa shape index (κ1) is 20.8. The van der Waals surface area contributed by atoms with Crippen LogP contribution in [0.15, 0.2) is 54.7 Å². The van der Waals surface area contributed by atoms with Gasteiger partial charge in [-0.25, -0.2) is 0 Å². The molecule has 1 heterocycles. The first-order chi connectivity index (χ1) is 13.1. The number of hydrogen-bond acceptors (Lipinski definition) is 4. The number of ether oxygens (including phenoxy) is 1. The van der Waals surface area contributed by atoms with Gasteiger partial charge in [0.25, 0.3) is 0 Å². The largest absolute Gasteiger partial charge is 0.425 e. The number of aliphatic hydroxyl groups excluding tert-OH is 1. The molecule has 0 aliphatic rings. The van der Waals surface area contributed by atoms with E-state index < -0.39 is 0 Å². The summed E-state index contributed by atoms with van der Waals surface area (Å²) < 4.78 is 5.31. The number of unbranched alkanes of at least 4 members (excludes halogenated alkanes) is 2. The molecule has 0 saturated carbocycles. The van der Waals surface area contributed by atoms with E-state index in [4.69, 9.17) is 4.74 Å². The van der Waals surface area contributed by atoms with Gasteiger partial charge in [0.15, 0.2) is 0 Å². The minimum atomic E-state index is -0.284. The molecule has 0 amide bonds. The Morgan fingerprint density at radius 3 is 2.59 bits per heavy atom. The van der Waals surface area contributed by atoms with Crippen LogP contribution in [0.5, 0.6) is 5.75 Å². The standard InChI is InChI=1S/C23H29NO3/c1-3-4-5-6-7-8-23(26)27-21-15-16-22(24-17-21)20-13-11-19(12-14-20)10-9-18(2)25/h6-7,11-18,25H,3-5,8-10H2,1-2H3/b7-6-. The van der Waals surface area contributed by atoms with Crippen molar-refractivity contribution in [3.8, 4) is 17.0 Å². The maximum absolute atomic E-state index is 11.8. The summed E-state index contributed by atoms with van der Waals surface area (Å²) in [7, 11) is 0. The Morgan fingerprint density at radius 1 is 1.19 bits per heavy atom. The highest BCUT2D eigenvalue weighted by atomic mass is 16.5. The summed E-state index contributed by atoms with van der Waals surface area (Å²) in [6.07, 6.45) is 10.4. The van der Waals surface area contributed by atoms with Crippen molar-refractivity contribution in [3.63, 3.8) is 0 Å². The number of esters is 1. The van der Waals surface area contributed by atoms with Crippen molar-refractivity contribution >= 4 is 5.97 Å².